The van der Waals surface area contributed by atoms with Gasteiger partial charge in [0.05, 0.1) is 5.56 Å². The summed E-state index contributed by atoms with van der Waals surface area (Å²) < 4.78 is 43.7. The second-order valence-corrected chi connectivity index (χ2v) is 8.16. The van der Waals surface area contributed by atoms with Gasteiger partial charge in [0.1, 0.15) is 11.6 Å². The summed E-state index contributed by atoms with van der Waals surface area (Å²) in [6.45, 7) is 2.86. The fourth-order valence-corrected chi connectivity index (χ4v) is 3.19. The number of halogens is 1. The van der Waals surface area contributed by atoms with Crippen LogP contribution in [0.5, 0.6) is 0 Å². The molecule has 1 heterocycles. The molecule has 0 aliphatic carbocycles. The van der Waals surface area contributed by atoms with E-state index in [4.69, 9.17) is 4.42 Å². The van der Waals surface area contributed by atoms with Gasteiger partial charge < -0.3 is 14.8 Å². The third-order valence-electron chi connectivity index (χ3n) is 3.91. The van der Waals surface area contributed by atoms with Gasteiger partial charge in [-0.1, -0.05) is 12.1 Å². The predicted molar refractivity (Wildman–Crippen MR) is 93.3 cm³/mol. The van der Waals surface area contributed by atoms with E-state index in [1.807, 2.05) is 0 Å². The Morgan fingerprint density at radius 2 is 1.85 bits per heavy atom. The number of benzene rings is 1. The van der Waals surface area contributed by atoms with Crippen molar-refractivity contribution in [3.8, 4) is 0 Å². The van der Waals surface area contributed by atoms with E-state index in [0.29, 0.717) is 0 Å². The number of carbonyl (C=O) groups excluding carboxylic acids is 1. The SMILES string of the molecule is Cc1cc(C(NC(=O)c2cc(S(=O)(=O)N(C)C)oc2C)C(=O)O)ccc1F. The van der Waals surface area contributed by atoms with E-state index < -0.39 is 38.9 Å². The number of hydrogen-bond donors (Lipinski definition) is 2. The molecule has 8 nitrogen and oxygen atoms in total. The summed E-state index contributed by atoms with van der Waals surface area (Å²) in [7, 11) is -1.27. The molecule has 1 aromatic carbocycles. The average Bonchev–Trinajstić information content (AvgIpc) is 2.97. The summed E-state index contributed by atoms with van der Waals surface area (Å²) in [6, 6.07) is 3.27. The van der Waals surface area contributed by atoms with Crippen LogP contribution in [0.3, 0.4) is 0 Å². The van der Waals surface area contributed by atoms with Crippen LogP contribution in [0.4, 0.5) is 4.39 Å². The van der Waals surface area contributed by atoms with Gasteiger partial charge in [-0.2, -0.15) is 0 Å². The van der Waals surface area contributed by atoms with Gasteiger partial charge in [-0.05, 0) is 31.0 Å². The second kappa shape index (κ2) is 7.49. The second-order valence-electron chi connectivity index (χ2n) is 6.08. The Balaban J connectivity index is 2.35. The van der Waals surface area contributed by atoms with E-state index in [2.05, 4.69) is 5.32 Å². The first-order valence-corrected chi connectivity index (χ1v) is 9.22. The quantitative estimate of drug-likeness (QED) is 0.767. The van der Waals surface area contributed by atoms with Crippen molar-refractivity contribution in [1.29, 1.82) is 0 Å². The first kappa shape index (κ1) is 20.6. The van der Waals surface area contributed by atoms with Gasteiger partial charge in [-0.3, -0.25) is 4.79 Å². The molecule has 1 aromatic heterocycles. The molecule has 2 N–H and O–H groups in total. The molecule has 10 heteroatoms. The Labute approximate surface area is 155 Å². The third kappa shape index (κ3) is 4.17. The molecule has 0 bridgehead atoms. The Bertz CT molecular complexity index is 997. The lowest BCUT2D eigenvalue weighted by molar-refractivity contribution is -0.139. The molecule has 27 heavy (non-hydrogen) atoms. The van der Waals surface area contributed by atoms with Gasteiger partial charge in [-0.25, -0.2) is 21.9 Å². The van der Waals surface area contributed by atoms with E-state index in [-0.39, 0.29) is 22.5 Å². The largest absolute Gasteiger partial charge is 0.479 e. The monoisotopic (exact) mass is 398 g/mol. The fourth-order valence-electron chi connectivity index (χ4n) is 2.33. The molecular formula is C17H19FN2O6S. The topological polar surface area (TPSA) is 117 Å². The van der Waals surface area contributed by atoms with Crippen LogP contribution < -0.4 is 5.32 Å². The number of nitrogens with one attached hydrogen (secondary N) is 1. The van der Waals surface area contributed by atoms with Gasteiger partial charge in [0.15, 0.2) is 6.04 Å². The Morgan fingerprint density at radius 1 is 1.22 bits per heavy atom. The lowest BCUT2D eigenvalue weighted by atomic mass is 10.0. The maximum absolute atomic E-state index is 13.4. The number of rotatable bonds is 6. The van der Waals surface area contributed by atoms with Gasteiger partial charge in [0, 0.05) is 20.2 Å². The van der Waals surface area contributed by atoms with Gasteiger partial charge in [0.25, 0.3) is 15.9 Å². The minimum atomic E-state index is -3.89. The molecule has 1 unspecified atom stereocenters. The van der Waals surface area contributed by atoms with Crippen molar-refractivity contribution >= 4 is 21.9 Å². The number of sulfonamides is 1. The van der Waals surface area contributed by atoms with Crippen LogP contribution in [-0.2, 0) is 14.8 Å². The first-order chi connectivity index (χ1) is 12.4. The standard InChI is InChI=1S/C17H19FN2O6S/c1-9-7-11(5-6-13(9)18)15(17(22)23)19-16(21)12-8-14(26-10(12)2)27(24,25)20(3)4/h5-8,15H,1-4H3,(H,19,21)(H,22,23). The van der Waals surface area contributed by atoms with Crippen molar-refractivity contribution in [3.63, 3.8) is 0 Å². The van der Waals surface area contributed by atoms with Crippen molar-refractivity contribution in [2.24, 2.45) is 0 Å². The third-order valence-corrected chi connectivity index (χ3v) is 5.58. The number of aliphatic carboxylic acids is 1. The summed E-state index contributed by atoms with van der Waals surface area (Å²) in [6.07, 6.45) is 0. The number of carboxylic acids is 1. The number of hydrogen-bond acceptors (Lipinski definition) is 5. The van der Waals surface area contributed by atoms with Crippen LogP contribution in [0, 0.1) is 19.7 Å². The molecule has 0 aliphatic rings. The lowest BCUT2D eigenvalue weighted by Crippen LogP contribution is -2.34. The maximum Gasteiger partial charge on any atom is 0.330 e. The van der Waals surface area contributed by atoms with Crippen molar-refractivity contribution in [1.82, 2.24) is 9.62 Å². The van der Waals surface area contributed by atoms with Crippen molar-refractivity contribution in [2.45, 2.75) is 25.0 Å². The average molecular weight is 398 g/mol. The zero-order valence-corrected chi connectivity index (χ0v) is 15.9. The summed E-state index contributed by atoms with van der Waals surface area (Å²) in [5, 5.41) is 11.3. The highest BCUT2D eigenvalue weighted by Crippen LogP contribution is 2.23. The number of nitrogens with zero attached hydrogens (tertiary/aromatic N) is 1. The minimum absolute atomic E-state index is 0.0207. The van der Waals surface area contributed by atoms with E-state index in [9.17, 15) is 27.5 Å². The molecule has 146 valence electrons. The highest BCUT2D eigenvalue weighted by Gasteiger charge is 2.28. The highest BCUT2D eigenvalue weighted by molar-refractivity contribution is 7.88. The van der Waals surface area contributed by atoms with Gasteiger partial charge >= 0.3 is 5.97 Å². The molecule has 0 saturated heterocycles. The molecule has 0 aliphatic heterocycles. The molecule has 1 atom stereocenters. The number of carbonyl (C=O) groups is 2. The van der Waals surface area contributed by atoms with Crippen LogP contribution in [0.15, 0.2) is 33.8 Å². The number of aryl methyl sites for hydroxylation is 2. The Kier molecular flexibility index (Phi) is 5.71. The zero-order chi connectivity index (χ0) is 20.5. The van der Waals surface area contributed by atoms with E-state index in [1.165, 1.54) is 40.1 Å². The first-order valence-electron chi connectivity index (χ1n) is 7.77. The van der Waals surface area contributed by atoms with Crippen LogP contribution in [-0.4, -0.2) is 43.8 Å². The van der Waals surface area contributed by atoms with Crippen LogP contribution >= 0.6 is 0 Å². The number of carboxylic acid groups (broad SMARTS) is 1. The normalized spacial score (nSPS) is 12.8. The van der Waals surface area contributed by atoms with E-state index in [0.717, 1.165) is 16.4 Å². The maximum atomic E-state index is 13.4. The van der Waals surface area contributed by atoms with E-state index >= 15 is 0 Å². The molecule has 2 rings (SSSR count). The van der Waals surface area contributed by atoms with Gasteiger partial charge in [-0.15, -0.1) is 0 Å². The minimum Gasteiger partial charge on any atom is -0.479 e. The lowest BCUT2D eigenvalue weighted by Gasteiger charge is -2.15. The summed E-state index contributed by atoms with van der Waals surface area (Å²) in [5.74, 6) is -2.66. The van der Waals surface area contributed by atoms with E-state index in [1.54, 1.807) is 0 Å². The van der Waals surface area contributed by atoms with Crippen molar-refractivity contribution < 1.29 is 31.9 Å². The molecule has 2 aromatic rings. The molecule has 0 fully saturated rings. The van der Waals surface area contributed by atoms with Crippen LogP contribution in [0.2, 0.25) is 0 Å². The molecule has 0 saturated carbocycles. The molecule has 0 radical (unpaired) electrons. The highest BCUT2D eigenvalue weighted by atomic mass is 32.2. The van der Waals surface area contributed by atoms with Gasteiger partial charge in [0.2, 0.25) is 5.09 Å². The number of furan rings is 1. The molecular weight excluding hydrogens is 379 g/mol. The predicted octanol–water partition coefficient (Wildman–Crippen LogP) is 1.84. The van der Waals surface area contributed by atoms with Crippen molar-refractivity contribution in [3.05, 3.63) is 52.5 Å². The smallest absolute Gasteiger partial charge is 0.330 e. The van der Waals surface area contributed by atoms with Crippen LogP contribution in [0.1, 0.15) is 33.3 Å². The molecule has 1 amide bonds. The zero-order valence-electron chi connectivity index (χ0n) is 15.1. The Morgan fingerprint density at radius 3 is 2.37 bits per heavy atom. The summed E-state index contributed by atoms with van der Waals surface area (Å²) in [4.78, 5) is 24.1. The summed E-state index contributed by atoms with van der Waals surface area (Å²) in [5.41, 5.74) is 0.296. The summed E-state index contributed by atoms with van der Waals surface area (Å²) >= 11 is 0. The fraction of sp³-hybridized carbons (Fsp3) is 0.294. The van der Waals surface area contributed by atoms with Crippen molar-refractivity contribution in [2.75, 3.05) is 14.1 Å². The number of amides is 1. The Hall–Kier alpha value is -2.72. The van der Waals surface area contributed by atoms with Crippen LogP contribution in [0.25, 0.3) is 0 Å². The molecule has 0 spiro atoms.